The number of likely N-dealkylation sites (N-methyl/N-ethyl adjacent to an activating group) is 1. The Labute approximate surface area is 187 Å². The van der Waals surface area contributed by atoms with Crippen LogP contribution in [0.4, 0.5) is 4.39 Å². The summed E-state index contributed by atoms with van der Waals surface area (Å²) in [5.74, 6) is -1.10. The molecule has 0 spiro atoms. The number of nitrogens with zero attached hydrogens (tertiary/aromatic N) is 2. The highest BCUT2D eigenvalue weighted by Gasteiger charge is 2.14. The maximum absolute atomic E-state index is 13.1. The summed E-state index contributed by atoms with van der Waals surface area (Å²) in [7, 11) is 2.14. The first-order valence-electron chi connectivity index (χ1n) is 10.4. The third-order valence-corrected chi connectivity index (χ3v) is 5.61. The number of rotatable bonds is 8. The molecule has 0 atom stereocenters. The highest BCUT2D eigenvalue weighted by molar-refractivity contribution is 6.33. The Morgan fingerprint density at radius 1 is 1.03 bits per heavy atom. The maximum atomic E-state index is 13.1. The summed E-state index contributed by atoms with van der Waals surface area (Å²) in [5.41, 5.74) is 2.46. The van der Waals surface area contributed by atoms with E-state index in [1.54, 1.807) is 0 Å². The van der Waals surface area contributed by atoms with Crippen molar-refractivity contribution in [1.29, 1.82) is 0 Å². The van der Waals surface area contributed by atoms with Crippen molar-refractivity contribution < 1.29 is 14.0 Å². The molecule has 1 heterocycles. The Balaban J connectivity index is 1.40. The predicted octanol–water partition coefficient (Wildman–Crippen LogP) is 2.66. The maximum Gasteiger partial charge on any atom is 0.252 e. The zero-order valence-corrected chi connectivity index (χ0v) is 18.4. The molecular formula is C23H28ClFN4O2. The molecular weight excluding hydrogens is 419 g/mol. The van der Waals surface area contributed by atoms with Crippen molar-refractivity contribution in [2.24, 2.45) is 0 Å². The van der Waals surface area contributed by atoms with E-state index in [9.17, 15) is 14.0 Å². The molecule has 3 rings (SSSR count). The molecule has 166 valence electrons. The van der Waals surface area contributed by atoms with E-state index in [-0.39, 0.29) is 29.5 Å². The van der Waals surface area contributed by atoms with Gasteiger partial charge in [-0.05, 0) is 36.4 Å². The molecule has 1 saturated heterocycles. The first-order valence-corrected chi connectivity index (χ1v) is 10.8. The van der Waals surface area contributed by atoms with Gasteiger partial charge in [0.2, 0.25) is 5.91 Å². The summed E-state index contributed by atoms with van der Waals surface area (Å²) in [6.45, 7) is 5.81. The lowest BCUT2D eigenvalue weighted by Crippen LogP contribution is -2.43. The minimum atomic E-state index is -0.506. The van der Waals surface area contributed by atoms with E-state index in [1.165, 1.54) is 17.7 Å². The number of carbonyl (C=O) groups excluding carboxylic acids is 2. The summed E-state index contributed by atoms with van der Waals surface area (Å²) >= 11 is 5.88. The molecule has 2 aromatic carbocycles. The lowest BCUT2D eigenvalue weighted by Gasteiger charge is -2.32. The summed E-state index contributed by atoms with van der Waals surface area (Å²) in [5, 5.41) is 5.55. The molecule has 8 heteroatoms. The van der Waals surface area contributed by atoms with Crippen molar-refractivity contribution in [1.82, 2.24) is 20.4 Å². The molecule has 6 nitrogen and oxygen atoms in total. The minimum absolute atomic E-state index is 0.0402. The van der Waals surface area contributed by atoms with Gasteiger partial charge in [0.15, 0.2) is 0 Å². The lowest BCUT2D eigenvalue weighted by atomic mass is 10.1. The fraction of sp³-hybridized carbons (Fsp3) is 0.391. The molecule has 0 aromatic heterocycles. The second kappa shape index (κ2) is 11.2. The van der Waals surface area contributed by atoms with E-state index in [1.807, 2.05) is 12.1 Å². The van der Waals surface area contributed by atoms with Crippen molar-refractivity contribution in [2.45, 2.75) is 19.5 Å². The zero-order valence-electron chi connectivity index (χ0n) is 17.7. The van der Waals surface area contributed by atoms with E-state index >= 15 is 0 Å². The van der Waals surface area contributed by atoms with Crippen LogP contribution >= 0.6 is 11.6 Å². The van der Waals surface area contributed by atoms with Crippen LogP contribution in [0, 0.1) is 5.82 Å². The van der Waals surface area contributed by atoms with Crippen LogP contribution in [0.25, 0.3) is 0 Å². The van der Waals surface area contributed by atoms with Crippen molar-refractivity contribution >= 4 is 23.4 Å². The molecule has 1 aliphatic rings. The number of piperazine rings is 1. The highest BCUT2D eigenvalue weighted by Crippen LogP contribution is 2.17. The molecule has 1 fully saturated rings. The van der Waals surface area contributed by atoms with Gasteiger partial charge >= 0.3 is 0 Å². The number of amides is 2. The van der Waals surface area contributed by atoms with E-state index in [4.69, 9.17) is 11.6 Å². The molecule has 0 bridgehead atoms. The summed E-state index contributed by atoms with van der Waals surface area (Å²) in [4.78, 5) is 29.0. The van der Waals surface area contributed by atoms with Gasteiger partial charge in [0.05, 0.1) is 10.6 Å². The van der Waals surface area contributed by atoms with Crippen molar-refractivity contribution in [2.75, 3.05) is 39.8 Å². The van der Waals surface area contributed by atoms with Crippen molar-refractivity contribution in [3.63, 3.8) is 0 Å². The quantitative estimate of drug-likeness (QED) is 0.654. The third kappa shape index (κ3) is 7.31. The third-order valence-electron chi connectivity index (χ3n) is 5.30. The first kappa shape index (κ1) is 23.2. The second-order valence-corrected chi connectivity index (χ2v) is 8.21. The molecule has 0 radical (unpaired) electrons. The van der Waals surface area contributed by atoms with Gasteiger partial charge in [-0.15, -0.1) is 0 Å². The molecule has 2 aromatic rings. The average Bonchev–Trinajstić information content (AvgIpc) is 2.74. The van der Waals surface area contributed by atoms with E-state index in [2.05, 4.69) is 39.6 Å². The van der Waals surface area contributed by atoms with Gasteiger partial charge in [-0.25, -0.2) is 4.39 Å². The molecule has 2 N–H and O–H groups in total. The van der Waals surface area contributed by atoms with Crippen LogP contribution in [-0.4, -0.2) is 61.4 Å². The molecule has 0 aliphatic carbocycles. The number of nitrogens with one attached hydrogen (secondary N) is 2. The van der Waals surface area contributed by atoms with Gasteiger partial charge in [-0.2, -0.15) is 0 Å². The normalized spacial score (nSPS) is 14.9. The SMILES string of the molecule is CN1CCN(Cc2cccc(CNC(=O)CCNC(=O)c3ccc(F)cc3Cl)c2)CC1. The lowest BCUT2D eigenvalue weighted by molar-refractivity contribution is -0.121. The highest BCUT2D eigenvalue weighted by atomic mass is 35.5. The number of hydrogen-bond acceptors (Lipinski definition) is 4. The van der Waals surface area contributed by atoms with Crippen LogP contribution in [0.3, 0.4) is 0 Å². The Morgan fingerprint density at radius 2 is 1.77 bits per heavy atom. The Hall–Kier alpha value is -2.48. The fourth-order valence-electron chi connectivity index (χ4n) is 3.45. The van der Waals surface area contributed by atoms with Crippen LogP contribution < -0.4 is 10.6 Å². The van der Waals surface area contributed by atoms with Crippen molar-refractivity contribution in [3.05, 3.63) is 70.0 Å². The van der Waals surface area contributed by atoms with E-state index < -0.39 is 11.7 Å². The standard InChI is InChI=1S/C23H28ClFN4O2/c1-28-9-11-29(12-10-28)16-18-4-2-3-17(13-18)15-27-22(30)7-8-26-23(31)20-6-5-19(25)14-21(20)24/h2-6,13-14H,7-12,15-16H2,1H3,(H,26,31)(H,27,30). The monoisotopic (exact) mass is 446 g/mol. The number of hydrogen-bond donors (Lipinski definition) is 2. The van der Waals surface area contributed by atoms with Crippen molar-refractivity contribution in [3.8, 4) is 0 Å². The Kier molecular flexibility index (Phi) is 8.40. The topological polar surface area (TPSA) is 64.7 Å². The number of benzene rings is 2. The molecule has 0 saturated carbocycles. The Morgan fingerprint density at radius 3 is 2.52 bits per heavy atom. The first-order chi connectivity index (χ1) is 14.9. The van der Waals surface area contributed by atoms with Crippen LogP contribution in [0.1, 0.15) is 27.9 Å². The van der Waals surface area contributed by atoms with Crippen LogP contribution in [0.2, 0.25) is 5.02 Å². The smallest absolute Gasteiger partial charge is 0.252 e. The van der Waals surface area contributed by atoms with Gasteiger partial charge in [-0.1, -0.05) is 35.9 Å². The van der Waals surface area contributed by atoms with Gasteiger partial charge in [0.25, 0.3) is 5.91 Å². The van der Waals surface area contributed by atoms with E-state index in [0.29, 0.717) is 6.54 Å². The van der Waals surface area contributed by atoms with E-state index in [0.717, 1.165) is 44.4 Å². The number of carbonyl (C=O) groups is 2. The summed E-state index contributed by atoms with van der Waals surface area (Å²) in [6, 6.07) is 11.8. The second-order valence-electron chi connectivity index (χ2n) is 7.81. The van der Waals surface area contributed by atoms with Crippen LogP contribution in [0.5, 0.6) is 0 Å². The summed E-state index contributed by atoms with van der Waals surface area (Å²) < 4.78 is 13.1. The van der Waals surface area contributed by atoms with Gasteiger partial charge in [0, 0.05) is 52.2 Å². The Bertz CT molecular complexity index is 916. The molecule has 31 heavy (non-hydrogen) atoms. The van der Waals surface area contributed by atoms with Crippen LogP contribution in [-0.2, 0) is 17.9 Å². The predicted molar refractivity (Wildman–Crippen MR) is 119 cm³/mol. The zero-order chi connectivity index (χ0) is 22.2. The summed E-state index contributed by atoms with van der Waals surface area (Å²) in [6.07, 6.45) is 0.144. The van der Waals surface area contributed by atoms with Gasteiger partial charge in [-0.3, -0.25) is 14.5 Å². The fourth-order valence-corrected chi connectivity index (χ4v) is 3.70. The van der Waals surface area contributed by atoms with Crippen LogP contribution in [0.15, 0.2) is 42.5 Å². The average molecular weight is 447 g/mol. The van der Waals surface area contributed by atoms with Gasteiger partial charge < -0.3 is 15.5 Å². The largest absolute Gasteiger partial charge is 0.352 e. The number of halogens is 2. The van der Waals surface area contributed by atoms with Gasteiger partial charge in [0.1, 0.15) is 5.82 Å². The minimum Gasteiger partial charge on any atom is -0.352 e. The molecule has 1 aliphatic heterocycles. The molecule has 0 unspecified atom stereocenters. The molecule has 2 amide bonds.